The second-order valence-electron chi connectivity index (χ2n) is 6.48. The monoisotopic (exact) mass is 382 g/mol. The van der Waals surface area contributed by atoms with Crippen LogP contribution in [0.4, 0.5) is 0 Å². The van der Waals surface area contributed by atoms with Gasteiger partial charge in [-0.05, 0) is 42.0 Å². The number of ether oxygens (including phenoxy) is 1. The molecule has 0 radical (unpaired) electrons. The third kappa shape index (κ3) is 3.05. The number of aromatic hydroxyl groups is 1. The normalized spacial score (nSPS) is 16.0. The van der Waals surface area contributed by atoms with Crippen molar-refractivity contribution in [2.45, 2.75) is 12.5 Å². The molecule has 2 aromatic carbocycles. The zero-order valence-corrected chi connectivity index (χ0v) is 15.6. The molecule has 0 fully saturated rings. The first-order chi connectivity index (χ1) is 13.1. The number of methoxy groups -OCH3 is 1. The highest BCUT2D eigenvalue weighted by atomic mass is 32.1. The summed E-state index contributed by atoms with van der Waals surface area (Å²) >= 11 is 5.32. The second kappa shape index (κ2) is 7.02. The number of fused-ring (bicyclic) bond motifs is 1. The van der Waals surface area contributed by atoms with Crippen LogP contribution in [0.1, 0.15) is 22.7 Å². The Balaban J connectivity index is 1.91. The number of nitrogens with zero attached hydrogens (tertiary/aromatic N) is 1. The topological polar surface area (TPSA) is 83.9 Å². The summed E-state index contributed by atoms with van der Waals surface area (Å²) in [7, 11) is 1.59. The van der Waals surface area contributed by atoms with Gasteiger partial charge in [-0.15, -0.1) is 0 Å². The van der Waals surface area contributed by atoms with Gasteiger partial charge in [-0.1, -0.05) is 24.3 Å². The van der Waals surface area contributed by atoms with Gasteiger partial charge in [0.1, 0.15) is 17.4 Å². The number of aromatic amines is 1. The summed E-state index contributed by atoms with van der Waals surface area (Å²) in [5.74, 6) is 0.566. The van der Waals surface area contributed by atoms with Crippen LogP contribution in [-0.4, -0.2) is 28.3 Å². The number of nitrogens with one attached hydrogen (secondary N) is 1. The van der Waals surface area contributed by atoms with Gasteiger partial charge in [0.15, 0.2) is 4.77 Å². The average molecular weight is 382 g/mol. The van der Waals surface area contributed by atoms with Crippen LogP contribution in [0.15, 0.2) is 53.3 Å². The molecule has 1 atom stereocenters. The first kappa shape index (κ1) is 17.5. The Kier molecular flexibility index (Phi) is 4.55. The average Bonchev–Trinajstić information content (AvgIpc) is 2.68. The van der Waals surface area contributed by atoms with E-state index in [-0.39, 0.29) is 22.3 Å². The predicted octanol–water partition coefficient (Wildman–Crippen LogP) is 1.82. The van der Waals surface area contributed by atoms with Crippen molar-refractivity contribution in [1.82, 2.24) is 9.55 Å². The maximum Gasteiger partial charge on any atom is 0.265 e. The van der Waals surface area contributed by atoms with Gasteiger partial charge in [-0.3, -0.25) is 14.3 Å². The third-order valence-corrected chi connectivity index (χ3v) is 5.25. The maximum atomic E-state index is 12.7. The minimum absolute atomic E-state index is 0.133. The smallest absolute Gasteiger partial charge is 0.265 e. The number of nitrogens with two attached hydrogens (primary N) is 1. The molecule has 0 saturated heterocycles. The van der Waals surface area contributed by atoms with E-state index in [1.807, 2.05) is 18.2 Å². The van der Waals surface area contributed by atoms with Crippen molar-refractivity contribution in [1.29, 1.82) is 0 Å². The Labute approximate surface area is 161 Å². The van der Waals surface area contributed by atoms with Gasteiger partial charge in [-0.25, -0.2) is 0 Å². The third-order valence-electron chi connectivity index (χ3n) is 4.97. The fourth-order valence-corrected chi connectivity index (χ4v) is 3.95. The zero-order chi connectivity index (χ0) is 19.0. The lowest BCUT2D eigenvalue weighted by Crippen LogP contribution is -2.87. The zero-order valence-electron chi connectivity index (χ0n) is 14.8. The summed E-state index contributed by atoms with van der Waals surface area (Å²) in [6.45, 7) is 0.846. The van der Waals surface area contributed by atoms with Crippen molar-refractivity contribution in [2.24, 2.45) is 0 Å². The molecular formula is C20H20N3O3S+. The molecule has 1 aliphatic heterocycles. The van der Waals surface area contributed by atoms with Crippen LogP contribution < -0.4 is 15.6 Å². The summed E-state index contributed by atoms with van der Waals surface area (Å²) in [5.41, 5.74) is 2.84. The van der Waals surface area contributed by atoms with Crippen molar-refractivity contribution in [3.05, 3.63) is 80.3 Å². The lowest BCUT2D eigenvalue weighted by atomic mass is 9.90. The molecule has 1 aromatic heterocycles. The van der Waals surface area contributed by atoms with Crippen molar-refractivity contribution in [2.75, 3.05) is 13.7 Å². The molecule has 4 rings (SSSR count). The van der Waals surface area contributed by atoms with E-state index in [9.17, 15) is 9.90 Å². The van der Waals surface area contributed by atoms with Crippen LogP contribution in [0.5, 0.6) is 11.6 Å². The highest BCUT2D eigenvalue weighted by Crippen LogP contribution is 2.29. The quantitative estimate of drug-likeness (QED) is 0.604. The van der Waals surface area contributed by atoms with Crippen molar-refractivity contribution < 1.29 is 15.2 Å². The SMILES string of the molecule is COc1ccc(-n2c(O)c([C@@H]3[NH2+]CCc4ccccc43)c(=O)[nH]c2=S)cc1. The number of hydrogen-bond donors (Lipinski definition) is 3. The molecule has 0 aliphatic carbocycles. The summed E-state index contributed by atoms with van der Waals surface area (Å²) in [6, 6.07) is 14.9. The van der Waals surface area contributed by atoms with Crippen LogP contribution in [0.25, 0.3) is 5.69 Å². The molecule has 138 valence electrons. The molecule has 7 heteroatoms. The summed E-state index contributed by atoms with van der Waals surface area (Å²) in [5, 5.41) is 13.1. The molecule has 0 bridgehead atoms. The molecule has 0 amide bonds. The number of quaternary nitrogens is 1. The molecule has 2 heterocycles. The van der Waals surface area contributed by atoms with Crippen LogP contribution in [0, 0.1) is 4.77 Å². The van der Waals surface area contributed by atoms with Crippen LogP contribution >= 0.6 is 12.2 Å². The van der Waals surface area contributed by atoms with Crippen molar-refractivity contribution in [3.63, 3.8) is 0 Å². The van der Waals surface area contributed by atoms with E-state index in [0.717, 1.165) is 18.5 Å². The molecule has 0 unspecified atom stereocenters. The Bertz CT molecular complexity index is 1100. The first-order valence-electron chi connectivity index (χ1n) is 8.74. The molecule has 1 aliphatic rings. The molecular weight excluding hydrogens is 362 g/mol. The van der Waals surface area contributed by atoms with E-state index in [2.05, 4.69) is 16.4 Å². The number of hydrogen-bond acceptors (Lipinski definition) is 4. The standard InChI is InChI=1S/C20H19N3O3S/c1-26-14-8-6-13(7-9-14)23-19(25)16(18(24)22-20(23)27)17-15-5-3-2-4-12(15)10-11-21-17/h2-9,17,21,25H,10-11H2,1H3,(H,22,24,27)/p+1/t17-/m1/s1. The lowest BCUT2D eigenvalue weighted by Gasteiger charge is -2.24. The second-order valence-corrected chi connectivity index (χ2v) is 6.87. The van der Waals surface area contributed by atoms with Crippen molar-refractivity contribution in [3.8, 4) is 17.3 Å². The van der Waals surface area contributed by atoms with Gasteiger partial charge < -0.3 is 15.2 Å². The highest BCUT2D eigenvalue weighted by Gasteiger charge is 2.31. The van der Waals surface area contributed by atoms with E-state index in [4.69, 9.17) is 17.0 Å². The predicted molar refractivity (Wildman–Crippen MR) is 104 cm³/mol. The van der Waals surface area contributed by atoms with Gasteiger partial charge >= 0.3 is 0 Å². The van der Waals surface area contributed by atoms with E-state index >= 15 is 0 Å². The number of H-pyrrole nitrogens is 1. The van der Waals surface area contributed by atoms with Gasteiger partial charge in [0, 0.05) is 12.0 Å². The fraction of sp³-hybridized carbons (Fsp3) is 0.200. The first-order valence-corrected chi connectivity index (χ1v) is 9.14. The number of rotatable bonds is 3. The Morgan fingerprint density at radius 1 is 1.22 bits per heavy atom. The molecule has 0 saturated carbocycles. The Morgan fingerprint density at radius 2 is 1.96 bits per heavy atom. The maximum absolute atomic E-state index is 12.7. The van der Waals surface area contributed by atoms with E-state index < -0.39 is 0 Å². The van der Waals surface area contributed by atoms with Crippen LogP contribution in [0.3, 0.4) is 0 Å². The summed E-state index contributed by atoms with van der Waals surface area (Å²) < 4.78 is 6.81. The molecule has 3 aromatic rings. The van der Waals surface area contributed by atoms with E-state index in [1.165, 1.54) is 10.1 Å². The lowest BCUT2D eigenvalue weighted by molar-refractivity contribution is -0.690. The number of benzene rings is 2. The van der Waals surface area contributed by atoms with E-state index in [0.29, 0.717) is 17.0 Å². The summed E-state index contributed by atoms with van der Waals surface area (Å²) in [4.78, 5) is 15.4. The highest BCUT2D eigenvalue weighted by molar-refractivity contribution is 7.71. The number of aromatic nitrogens is 2. The summed E-state index contributed by atoms with van der Waals surface area (Å²) in [6.07, 6.45) is 0.933. The minimum Gasteiger partial charge on any atom is -0.497 e. The minimum atomic E-state index is -0.361. The van der Waals surface area contributed by atoms with Gasteiger partial charge in [-0.2, -0.15) is 0 Å². The van der Waals surface area contributed by atoms with Crippen molar-refractivity contribution >= 4 is 12.2 Å². The molecule has 0 spiro atoms. The van der Waals surface area contributed by atoms with Crippen LogP contribution in [-0.2, 0) is 6.42 Å². The fourth-order valence-electron chi connectivity index (χ4n) is 3.66. The largest absolute Gasteiger partial charge is 0.497 e. The Hall–Kier alpha value is -2.90. The van der Waals surface area contributed by atoms with Crippen LogP contribution in [0.2, 0.25) is 0 Å². The molecule has 6 nitrogen and oxygen atoms in total. The van der Waals surface area contributed by atoms with Gasteiger partial charge in [0.25, 0.3) is 5.56 Å². The van der Waals surface area contributed by atoms with E-state index in [1.54, 1.807) is 31.4 Å². The van der Waals surface area contributed by atoms with Gasteiger partial charge in [0.2, 0.25) is 5.88 Å². The van der Waals surface area contributed by atoms with Gasteiger partial charge in [0.05, 0.1) is 19.3 Å². The Morgan fingerprint density at radius 3 is 2.70 bits per heavy atom. The molecule has 4 N–H and O–H groups in total. The molecule has 27 heavy (non-hydrogen) atoms.